The normalized spacial score (nSPS) is 10.3. The number of methoxy groups -OCH3 is 1. The van der Waals surface area contributed by atoms with Crippen LogP contribution in [-0.2, 0) is 11.3 Å². The fourth-order valence-corrected chi connectivity index (χ4v) is 1.90. The van der Waals surface area contributed by atoms with Gasteiger partial charge in [-0.15, -0.1) is 0 Å². The number of amides is 1. The molecule has 0 bridgehead atoms. The minimum Gasteiger partial charge on any atom is -0.380 e. The summed E-state index contributed by atoms with van der Waals surface area (Å²) in [6.07, 6.45) is 0. The molecule has 2 aromatic rings. The van der Waals surface area contributed by atoms with Gasteiger partial charge in [-0.25, -0.2) is 0 Å². The quantitative estimate of drug-likeness (QED) is 0.894. The summed E-state index contributed by atoms with van der Waals surface area (Å²) >= 11 is 0. The SMILES string of the molecule is COCc1ccccc1-c1ccc(C(N)=O)cc1. The van der Waals surface area contributed by atoms with Gasteiger partial charge in [0.05, 0.1) is 6.61 Å². The molecule has 3 heteroatoms. The fourth-order valence-electron chi connectivity index (χ4n) is 1.90. The van der Waals surface area contributed by atoms with E-state index in [1.807, 2.05) is 36.4 Å². The molecule has 0 aliphatic carbocycles. The van der Waals surface area contributed by atoms with Crippen molar-refractivity contribution in [2.24, 2.45) is 5.73 Å². The van der Waals surface area contributed by atoms with Crippen LogP contribution in [0.5, 0.6) is 0 Å². The van der Waals surface area contributed by atoms with Gasteiger partial charge < -0.3 is 10.5 Å². The van der Waals surface area contributed by atoms with Gasteiger partial charge in [-0.1, -0.05) is 36.4 Å². The van der Waals surface area contributed by atoms with Gasteiger partial charge in [0.1, 0.15) is 0 Å². The van der Waals surface area contributed by atoms with E-state index in [-0.39, 0.29) is 0 Å². The number of ether oxygens (including phenoxy) is 1. The Morgan fingerprint density at radius 3 is 2.39 bits per heavy atom. The first kappa shape index (κ1) is 12.3. The molecule has 3 nitrogen and oxygen atoms in total. The predicted octanol–water partition coefficient (Wildman–Crippen LogP) is 2.60. The molecule has 92 valence electrons. The van der Waals surface area contributed by atoms with Crippen LogP contribution < -0.4 is 5.73 Å². The highest BCUT2D eigenvalue weighted by Crippen LogP contribution is 2.24. The van der Waals surface area contributed by atoms with E-state index in [0.29, 0.717) is 12.2 Å². The standard InChI is InChI=1S/C15H15NO2/c1-18-10-13-4-2-3-5-14(13)11-6-8-12(9-7-11)15(16)17/h2-9H,10H2,1H3,(H2,16,17). The zero-order valence-electron chi connectivity index (χ0n) is 10.2. The van der Waals surface area contributed by atoms with Gasteiger partial charge in [0, 0.05) is 12.7 Å². The van der Waals surface area contributed by atoms with Crippen LogP contribution in [0, 0.1) is 0 Å². The monoisotopic (exact) mass is 241 g/mol. The van der Waals surface area contributed by atoms with Crippen LogP contribution in [0.15, 0.2) is 48.5 Å². The number of nitrogens with two attached hydrogens (primary N) is 1. The van der Waals surface area contributed by atoms with Gasteiger partial charge in [-0.2, -0.15) is 0 Å². The van der Waals surface area contributed by atoms with Crippen LogP contribution in [0.1, 0.15) is 15.9 Å². The number of carbonyl (C=O) groups excluding carboxylic acids is 1. The molecule has 2 rings (SSSR count). The first-order chi connectivity index (χ1) is 8.72. The van der Waals surface area contributed by atoms with E-state index in [1.54, 1.807) is 19.2 Å². The molecule has 0 heterocycles. The zero-order chi connectivity index (χ0) is 13.0. The van der Waals surface area contributed by atoms with Gasteiger partial charge in [0.25, 0.3) is 0 Å². The molecule has 0 saturated heterocycles. The number of carbonyl (C=O) groups is 1. The molecule has 18 heavy (non-hydrogen) atoms. The van der Waals surface area contributed by atoms with Crippen molar-refractivity contribution in [2.75, 3.05) is 7.11 Å². The number of hydrogen-bond acceptors (Lipinski definition) is 2. The topological polar surface area (TPSA) is 52.3 Å². The van der Waals surface area contributed by atoms with Crippen LogP contribution >= 0.6 is 0 Å². The van der Waals surface area contributed by atoms with Crippen LogP contribution in [0.2, 0.25) is 0 Å². The highest BCUT2D eigenvalue weighted by molar-refractivity contribution is 5.93. The lowest BCUT2D eigenvalue weighted by molar-refractivity contribution is 0.100. The Morgan fingerprint density at radius 1 is 1.11 bits per heavy atom. The molecule has 0 unspecified atom stereocenters. The van der Waals surface area contributed by atoms with Crippen molar-refractivity contribution < 1.29 is 9.53 Å². The van der Waals surface area contributed by atoms with Crippen molar-refractivity contribution in [3.8, 4) is 11.1 Å². The van der Waals surface area contributed by atoms with E-state index in [4.69, 9.17) is 10.5 Å². The second kappa shape index (κ2) is 5.47. The van der Waals surface area contributed by atoms with Gasteiger partial charge in [-0.3, -0.25) is 4.79 Å². The Bertz CT molecular complexity index is 547. The molecule has 2 aromatic carbocycles. The van der Waals surface area contributed by atoms with Crippen molar-refractivity contribution in [2.45, 2.75) is 6.61 Å². The zero-order valence-corrected chi connectivity index (χ0v) is 10.2. The summed E-state index contributed by atoms with van der Waals surface area (Å²) in [5.41, 5.74) is 9.01. The summed E-state index contributed by atoms with van der Waals surface area (Å²) in [5.74, 6) is -0.410. The molecule has 0 atom stereocenters. The number of primary amides is 1. The Balaban J connectivity index is 2.39. The summed E-state index contributed by atoms with van der Waals surface area (Å²) < 4.78 is 5.18. The molecule has 0 aliphatic heterocycles. The van der Waals surface area contributed by atoms with E-state index in [2.05, 4.69) is 0 Å². The molecular formula is C15H15NO2. The number of benzene rings is 2. The van der Waals surface area contributed by atoms with E-state index < -0.39 is 5.91 Å². The summed E-state index contributed by atoms with van der Waals surface area (Å²) in [6.45, 7) is 0.563. The maximum absolute atomic E-state index is 11.0. The van der Waals surface area contributed by atoms with Crippen LogP contribution in [0.4, 0.5) is 0 Å². The predicted molar refractivity (Wildman–Crippen MR) is 71.1 cm³/mol. The fraction of sp³-hybridized carbons (Fsp3) is 0.133. The van der Waals surface area contributed by atoms with Crippen molar-refractivity contribution in [1.82, 2.24) is 0 Å². The van der Waals surface area contributed by atoms with Crippen molar-refractivity contribution in [1.29, 1.82) is 0 Å². The van der Waals surface area contributed by atoms with Crippen molar-refractivity contribution in [3.63, 3.8) is 0 Å². The highest BCUT2D eigenvalue weighted by Gasteiger charge is 2.05. The average Bonchev–Trinajstić information content (AvgIpc) is 2.40. The van der Waals surface area contributed by atoms with E-state index in [9.17, 15) is 4.79 Å². The molecule has 0 radical (unpaired) electrons. The number of rotatable bonds is 4. The average molecular weight is 241 g/mol. The maximum Gasteiger partial charge on any atom is 0.248 e. The van der Waals surface area contributed by atoms with Gasteiger partial charge in [0.15, 0.2) is 0 Å². The second-order valence-corrected chi connectivity index (χ2v) is 4.03. The maximum atomic E-state index is 11.0. The first-order valence-corrected chi connectivity index (χ1v) is 5.69. The van der Waals surface area contributed by atoms with Crippen LogP contribution in [0.3, 0.4) is 0 Å². The van der Waals surface area contributed by atoms with Gasteiger partial charge in [-0.05, 0) is 28.8 Å². The third-order valence-electron chi connectivity index (χ3n) is 2.80. The van der Waals surface area contributed by atoms with Crippen LogP contribution in [-0.4, -0.2) is 13.0 Å². The Hall–Kier alpha value is -2.13. The summed E-state index contributed by atoms with van der Waals surface area (Å²) in [5, 5.41) is 0. The molecule has 0 saturated carbocycles. The minimum atomic E-state index is -0.410. The van der Waals surface area contributed by atoms with Crippen LogP contribution in [0.25, 0.3) is 11.1 Å². The van der Waals surface area contributed by atoms with Crippen molar-refractivity contribution >= 4 is 5.91 Å². The molecule has 0 spiro atoms. The lowest BCUT2D eigenvalue weighted by Crippen LogP contribution is -2.10. The first-order valence-electron chi connectivity index (χ1n) is 5.69. The molecule has 0 aromatic heterocycles. The summed E-state index contributed by atoms with van der Waals surface area (Å²) in [7, 11) is 1.67. The number of hydrogen-bond donors (Lipinski definition) is 1. The lowest BCUT2D eigenvalue weighted by atomic mass is 9.99. The van der Waals surface area contributed by atoms with E-state index in [1.165, 1.54) is 0 Å². The summed E-state index contributed by atoms with van der Waals surface area (Å²) in [4.78, 5) is 11.0. The molecule has 0 aliphatic rings. The minimum absolute atomic E-state index is 0.410. The molecular weight excluding hydrogens is 226 g/mol. The Kier molecular flexibility index (Phi) is 3.75. The smallest absolute Gasteiger partial charge is 0.248 e. The van der Waals surface area contributed by atoms with E-state index in [0.717, 1.165) is 16.7 Å². The highest BCUT2D eigenvalue weighted by atomic mass is 16.5. The largest absolute Gasteiger partial charge is 0.380 e. The second-order valence-electron chi connectivity index (χ2n) is 4.03. The third-order valence-corrected chi connectivity index (χ3v) is 2.80. The van der Waals surface area contributed by atoms with E-state index >= 15 is 0 Å². The van der Waals surface area contributed by atoms with Gasteiger partial charge in [0.2, 0.25) is 5.91 Å². The lowest BCUT2D eigenvalue weighted by Gasteiger charge is -2.09. The molecule has 0 fully saturated rings. The third kappa shape index (κ3) is 2.57. The Morgan fingerprint density at radius 2 is 1.78 bits per heavy atom. The Labute approximate surface area is 106 Å². The molecule has 1 amide bonds. The summed E-state index contributed by atoms with van der Waals surface area (Å²) in [6, 6.07) is 15.3. The van der Waals surface area contributed by atoms with Gasteiger partial charge >= 0.3 is 0 Å². The van der Waals surface area contributed by atoms with Crippen molar-refractivity contribution in [3.05, 3.63) is 59.7 Å². The molecule has 2 N–H and O–H groups in total.